The lowest BCUT2D eigenvalue weighted by Crippen LogP contribution is -2.43. The van der Waals surface area contributed by atoms with Gasteiger partial charge in [0.25, 0.3) is 0 Å². The second kappa shape index (κ2) is 12.2. The van der Waals surface area contributed by atoms with Gasteiger partial charge in [-0.15, -0.1) is 0 Å². The molecule has 9 nitrogen and oxygen atoms in total. The molecular weight excluding hydrogens is 546 g/mol. The number of aryl methyl sites for hydroxylation is 1. The first-order chi connectivity index (χ1) is 18.7. The number of halogens is 6. The number of nitrogens with one attached hydrogen (secondary N) is 2. The van der Waals surface area contributed by atoms with Crippen molar-refractivity contribution in [3.8, 4) is 11.3 Å². The summed E-state index contributed by atoms with van der Waals surface area (Å²) in [5.74, 6) is -4.72. The predicted molar refractivity (Wildman–Crippen MR) is 134 cm³/mol. The van der Waals surface area contributed by atoms with Gasteiger partial charge in [0, 0.05) is 24.2 Å². The highest BCUT2D eigenvalue weighted by Crippen LogP contribution is 2.39. The third-order valence-electron chi connectivity index (χ3n) is 5.51. The van der Waals surface area contributed by atoms with E-state index >= 15 is 0 Å². The molecule has 0 atom stereocenters. The van der Waals surface area contributed by atoms with Gasteiger partial charge in [-0.3, -0.25) is 0 Å². The van der Waals surface area contributed by atoms with Crippen LogP contribution in [0, 0.1) is 24.4 Å². The molecule has 1 aromatic heterocycles. The molecule has 0 saturated carbocycles. The molecule has 2 amide bonds. The van der Waals surface area contributed by atoms with Crippen molar-refractivity contribution in [1.29, 1.82) is 0 Å². The molecule has 0 spiro atoms. The molecular formula is C25H24F6N6O3. The summed E-state index contributed by atoms with van der Waals surface area (Å²) in [6.07, 6.45) is -5.08. The molecule has 2 heterocycles. The Morgan fingerprint density at radius 3 is 2.30 bits per heavy atom. The monoisotopic (exact) mass is 570 g/mol. The number of rotatable bonds is 6. The maximum atomic E-state index is 14.7. The second-order valence-corrected chi connectivity index (χ2v) is 8.75. The Balaban J connectivity index is 0.000000559. The van der Waals surface area contributed by atoms with E-state index in [9.17, 15) is 31.1 Å². The molecule has 0 unspecified atom stereocenters. The molecule has 0 radical (unpaired) electrons. The normalized spacial score (nSPS) is 12.8. The van der Waals surface area contributed by atoms with Gasteiger partial charge in [0.05, 0.1) is 12.2 Å². The van der Waals surface area contributed by atoms with Crippen LogP contribution in [0.4, 0.5) is 48.6 Å². The molecule has 1 aliphatic rings. The zero-order valence-corrected chi connectivity index (χ0v) is 21.4. The van der Waals surface area contributed by atoms with Crippen LogP contribution in [-0.4, -0.2) is 65.3 Å². The summed E-state index contributed by atoms with van der Waals surface area (Å²) in [7, 11) is 3.82. The number of anilines is 3. The van der Waals surface area contributed by atoms with Crippen molar-refractivity contribution in [2.75, 3.05) is 37.4 Å². The van der Waals surface area contributed by atoms with E-state index in [0.29, 0.717) is 35.5 Å². The van der Waals surface area contributed by atoms with E-state index in [4.69, 9.17) is 9.90 Å². The molecule has 0 aliphatic carbocycles. The van der Waals surface area contributed by atoms with Gasteiger partial charge in [-0.2, -0.15) is 18.2 Å². The number of likely N-dealkylation sites (N-methyl/N-ethyl adjacent to an activating group) is 1. The van der Waals surface area contributed by atoms with Crippen LogP contribution < -0.4 is 15.5 Å². The molecule has 40 heavy (non-hydrogen) atoms. The fraction of sp³-hybridized carbons (Fsp3) is 0.280. The first-order valence-electron chi connectivity index (χ1n) is 11.6. The standard InChI is InChI=1S/C23H23F3N6O.C2HF3O2/c1-13-11-14(24)7-8-15(13)19-16-12-28-23(33)32(20-17(25)5-4-6-18(20)26)21(16)30-22(29-19)27-9-10-31(2)3;3-2(4,5)1(6)7/h4-8,11H,9-10,12H2,1-3H3,(H,28,33)(H,27,29,30);(H,6,7). The quantitative estimate of drug-likeness (QED) is 0.364. The SMILES string of the molecule is Cc1cc(F)ccc1-c1nc(NCCN(C)C)nc2c1CNC(=O)N2c1c(F)cccc1F.O=C(O)C(F)(F)F. The smallest absolute Gasteiger partial charge is 0.475 e. The highest BCUT2D eigenvalue weighted by Gasteiger charge is 2.38. The lowest BCUT2D eigenvalue weighted by atomic mass is 10.00. The van der Waals surface area contributed by atoms with Gasteiger partial charge in [-0.05, 0) is 56.9 Å². The van der Waals surface area contributed by atoms with Crippen LogP contribution in [0.2, 0.25) is 0 Å². The van der Waals surface area contributed by atoms with Crippen LogP contribution in [0.25, 0.3) is 11.3 Å². The zero-order chi connectivity index (χ0) is 29.8. The van der Waals surface area contributed by atoms with E-state index < -0.39 is 41.3 Å². The Hall–Kier alpha value is -4.40. The van der Waals surface area contributed by atoms with Crippen molar-refractivity contribution >= 4 is 29.5 Å². The second-order valence-electron chi connectivity index (χ2n) is 8.75. The van der Waals surface area contributed by atoms with Crippen LogP contribution in [-0.2, 0) is 11.3 Å². The summed E-state index contributed by atoms with van der Waals surface area (Å²) < 4.78 is 74.8. The molecule has 0 bridgehead atoms. The van der Waals surface area contributed by atoms with E-state index in [0.717, 1.165) is 17.0 Å². The van der Waals surface area contributed by atoms with E-state index in [1.54, 1.807) is 13.0 Å². The van der Waals surface area contributed by atoms with Crippen molar-refractivity contribution in [1.82, 2.24) is 20.2 Å². The van der Waals surface area contributed by atoms with Crippen molar-refractivity contribution in [2.24, 2.45) is 0 Å². The van der Waals surface area contributed by atoms with Crippen LogP contribution in [0.3, 0.4) is 0 Å². The number of carbonyl (C=O) groups excluding carboxylic acids is 1. The number of carbonyl (C=O) groups is 2. The first kappa shape index (κ1) is 30.1. The van der Waals surface area contributed by atoms with Crippen LogP contribution in [0.15, 0.2) is 36.4 Å². The van der Waals surface area contributed by atoms with Crippen LogP contribution >= 0.6 is 0 Å². The number of alkyl halides is 3. The van der Waals surface area contributed by atoms with Gasteiger partial charge >= 0.3 is 18.2 Å². The lowest BCUT2D eigenvalue weighted by molar-refractivity contribution is -0.192. The van der Waals surface area contributed by atoms with Gasteiger partial charge < -0.3 is 20.6 Å². The number of aliphatic carboxylic acids is 1. The number of carboxylic acids is 1. The minimum absolute atomic E-state index is 0.0465. The summed E-state index contributed by atoms with van der Waals surface area (Å²) >= 11 is 0. The minimum Gasteiger partial charge on any atom is -0.475 e. The number of para-hydroxylation sites is 1. The Kier molecular flexibility index (Phi) is 9.19. The van der Waals surface area contributed by atoms with Gasteiger partial charge in [0.2, 0.25) is 5.95 Å². The lowest BCUT2D eigenvalue weighted by Gasteiger charge is -2.31. The minimum atomic E-state index is -5.08. The molecule has 214 valence electrons. The van der Waals surface area contributed by atoms with Crippen molar-refractivity contribution < 1.29 is 41.0 Å². The fourth-order valence-electron chi connectivity index (χ4n) is 3.66. The van der Waals surface area contributed by atoms with Gasteiger partial charge in [-0.25, -0.2) is 32.6 Å². The molecule has 15 heteroatoms. The maximum Gasteiger partial charge on any atom is 0.490 e. The maximum absolute atomic E-state index is 14.7. The molecule has 2 aromatic carbocycles. The summed E-state index contributed by atoms with van der Waals surface area (Å²) in [6, 6.07) is 6.92. The number of amides is 2. The summed E-state index contributed by atoms with van der Waals surface area (Å²) in [5.41, 5.74) is 1.61. The average Bonchev–Trinajstić information content (AvgIpc) is 2.84. The van der Waals surface area contributed by atoms with Crippen molar-refractivity contribution in [3.05, 3.63) is 65.0 Å². The largest absolute Gasteiger partial charge is 0.490 e. The summed E-state index contributed by atoms with van der Waals surface area (Å²) in [4.78, 5) is 33.6. The number of nitrogens with zero attached hydrogens (tertiary/aromatic N) is 4. The highest BCUT2D eigenvalue weighted by molar-refractivity contribution is 6.02. The molecule has 0 saturated heterocycles. The topological polar surface area (TPSA) is 111 Å². The summed E-state index contributed by atoms with van der Waals surface area (Å²) in [5, 5.41) is 12.9. The Labute approximate surface area is 224 Å². The van der Waals surface area contributed by atoms with Crippen molar-refractivity contribution in [3.63, 3.8) is 0 Å². The number of carboxylic acid groups (broad SMARTS) is 1. The number of hydrogen-bond donors (Lipinski definition) is 3. The number of fused-ring (bicyclic) bond motifs is 1. The van der Waals surface area contributed by atoms with Crippen LogP contribution in [0.5, 0.6) is 0 Å². The molecule has 0 fully saturated rings. The molecule has 4 rings (SSSR count). The van der Waals surface area contributed by atoms with E-state index in [1.165, 1.54) is 18.2 Å². The number of hydrogen-bond acceptors (Lipinski definition) is 6. The fourth-order valence-corrected chi connectivity index (χ4v) is 3.66. The summed E-state index contributed by atoms with van der Waals surface area (Å²) in [6.45, 7) is 2.96. The number of aromatic nitrogens is 2. The molecule has 3 N–H and O–H groups in total. The van der Waals surface area contributed by atoms with Gasteiger partial charge in [0.15, 0.2) is 5.82 Å². The Morgan fingerprint density at radius 1 is 1.12 bits per heavy atom. The van der Waals surface area contributed by atoms with Crippen LogP contribution in [0.1, 0.15) is 11.1 Å². The van der Waals surface area contributed by atoms with E-state index in [-0.39, 0.29) is 18.3 Å². The number of benzene rings is 2. The highest BCUT2D eigenvalue weighted by atomic mass is 19.4. The number of urea groups is 1. The van der Waals surface area contributed by atoms with Gasteiger partial charge in [0.1, 0.15) is 23.1 Å². The molecule has 3 aromatic rings. The third kappa shape index (κ3) is 6.97. The third-order valence-corrected chi connectivity index (χ3v) is 5.51. The first-order valence-corrected chi connectivity index (χ1v) is 11.6. The Morgan fingerprint density at radius 2 is 1.75 bits per heavy atom. The molecule has 1 aliphatic heterocycles. The average molecular weight is 570 g/mol. The van der Waals surface area contributed by atoms with E-state index in [1.807, 2.05) is 19.0 Å². The van der Waals surface area contributed by atoms with Crippen molar-refractivity contribution in [2.45, 2.75) is 19.6 Å². The van der Waals surface area contributed by atoms with Gasteiger partial charge in [-0.1, -0.05) is 6.07 Å². The predicted octanol–water partition coefficient (Wildman–Crippen LogP) is 4.84. The van der Waals surface area contributed by atoms with E-state index in [2.05, 4.69) is 20.6 Å². The zero-order valence-electron chi connectivity index (χ0n) is 21.4. The Bertz CT molecular complexity index is 1400.